The predicted octanol–water partition coefficient (Wildman–Crippen LogP) is -0.0452. The van der Waals surface area contributed by atoms with Gasteiger partial charge in [-0.1, -0.05) is 0 Å². The van der Waals surface area contributed by atoms with E-state index in [1.165, 1.54) is 23.9 Å². The zero-order valence-corrected chi connectivity index (χ0v) is 11.9. The summed E-state index contributed by atoms with van der Waals surface area (Å²) < 4.78 is 32.1. The molecule has 0 amide bonds. The van der Waals surface area contributed by atoms with Crippen molar-refractivity contribution in [3.05, 3.63) is 18.0 Å². The molecule has 9 heteroatoms. The molecule has 0 spiro atoms. The Balaban J connectivity index is 2.88. The quantitative estimate of drug-likeness (QED) is 0.683. The molecule has 0 saturated carbocycles. The Morgan fingerprint density at radius 2 is 2.10 bits per heavy atom. The molecule has 1 aromatic rings. The average Bonchev–Trinajstić information content (AvgIpc) is 2.71. The summed E-state index contributed by atoms with van der Waals surface area (Å²) in [5.74, 6) is -1.73. The van der Waals surface area contributed by atoms with Crippen LogP contribution in [0.4, 0.5) is 0 Å². The number of sulfonamides is 1. The molecular formula is C11H16N2O6S. The van der Waals surface area contributed by atoms with Gasteiger partial charge in [-0.2, -0.15) is 0 Å². The second-order valence-corrected chi connectivity index (χ2v) is 5.70. The Morgan fingerprint density at radius 3 is 2.65 bits per heavy atom. The van der Waals surface area contributed by atoms with E-state index in [9.17, 15) is 18.0 Å². The van der Waals surface area contributed by atoms with Crippen LogP contribution in [-0.4, -0.2) is 43.2 Å². The van der Waals surface area contributed by atoms with E-state index in [2.05, 4.69) is 4.72 Å². The molecule has 0 aliphatic carbocycles. The summed E-state index contributed by atoms with van der Waals surface area (Å²) in [6, 6.07) is 1.18. The number of esters is 1. The molecule has 1 rings (SSSR count). The molecule has 0 saturated heterocycles. The molecular weight excluding hydrogens is 288 g/mol. The Morgan fingerprint density at radius 1 is 1.45 bits per heavy atom. The molecule has 0 radical (unpaired) electrons. The third-order valence-electron chi connectivity index (χ3n) is 2.41. The van der Waals surface area contributed by atoms with E-state index < -0.39 is 22.0 Å². The maximum absolute atomic E-state index is 11.9. The smallest absolute Gasteiger partial charge is 0.354 e. The van der Waals surface area contributed by atoms with Gasteiger partial charge >= 0.3 is 11.9 Å². The van der Waals surface area contributed by atoms with E-state index in [0.29, 0.717) is 0 Å². The van der Waals surface area contributed by atoms with E-state index >= 15 is 0 Å². The minimum absolute atomic E-state index is 0.102. The van der Waals surface area contributed by atoms with Gasteiger partial charge in [0.05, 0.1) is 13.0 Å². The Labute approximate surface area is 116 Å². The monoisotopic (exact) mass is 304 g/mol. The van der Waals surface area contributed by atoms with Crippen molar-refractivity contribution in [2.45, 2.75) is 18.2 Å². The fraction of sp³-hybridized carbons (Fsp3) is 0.455. The van der Waals surface area contributed by atoms with E-state index in [1.54, 1.807) is 6.92 Å². The van der Waals surface area contributed by atoms with Gasteiger partial charge in [-0.25, -0.2) is 17.9 Å². The van der Waals surface area contributed by atoms with E-state index in [1.807, 2.05) is 0 Å². The minimum Gasteiger partial charge on any atom is -0.481 e. The lowest BCUT2D eigenvalue weighted by Crippen LogP contribution is -2.26. The second-order valence-electron chi connectivity index (χ2n) is 3.93. The normalized spacial score (nSPS) is 11.3. The topological polar surface area (TPSA) is 115 Å². The first-order valence-corrected chi connectivity index (χ1v) is 7.31. The third kappa shape index (κ3) is 4.07. The van der Waals surface area contributed by atoms with Crippen LogP contribution in [0.3, 0.4) is 0 Å². The van der Waals surface area contributed by atoms with Crippen molar-refractivity contribution in [2.24, 2.45) is 7.05 Å². The second kappa shape index (κ2) is 6.53. The van der Waals surface area contributed by atoms with Crippen molar-refractivity contribution < 1.29 is 27.9 Å². The zero-order valence-electron chi connectivity index (χ0n) is 11.1. The molecule has 1 heterocycles. The Bertz CT molecular complexity index is 604. The van der Waals surface area contributed by atoms with Gasteiger partial charge in [0.15, 0.2) is 0 Å². The predicted molar refractivity (Wildman–Crippen MR) is 68.8 cm³/mol. The van der Waals surface area contributed by atoms with Gasteiger partial charge < -0.3 is 14.4 Å². The van der Waals surface area contributed by atoms with Crippen LogP contribution in [0.2, 0.25) is 0 Å². The number of carboxylic acid groups (broad SMARTS) is 1. The summed E-state index contributed by atoms with van der Waals surface area (Å²) in [5.41, 5.74) is 0.102. The van der Waals surface area contributed by atoms with Crippen molar-refractivity contribution >= 4 is 22.0 Å². The maximum atomic E-state index is 11.9. The lowest BCUT2D eigenvalue weighted by molar-refractivity contribution is -0.136. The number of aryl methyl sites for hydroxylation is 1. The van der Waals surface area contributed by atoms with Crippen LogP contribution in [0.25, 0.3) is 0 Å². The largest absolute Gasteiger partial charge is 0.481 e. The maximum Gasteiger partial charge on any atom is 0.354 e. The average molecular weight is 304 g/mol. The molecule has 0 unspecified atom stereocenters. The van der Waals surface area contributed by atoms with E-state index in [0.717, 1.165) is 0 Å². The van der Waals surface area contributed by atoms with Gasteiger partial charge in [-0.3, -0.25) is 4.79 Å². The third-order valence-corrected chi connectivity index (χ3v) is 3.83. The van der Waals surface area contributed by atoms with Gasteiger partial charge in [0.25, 0.3) is 0 Å². The summed E-state index contributed by atoms with van der Waals surface area (Å²) in [4.78, 5) is 21.8. The molecule has 8 nitrogen and oxygen atoms in total. The first kappa shape index (κ1) is 16.2. The van der Waals surface area contributed by atoms with Gasteiger partial charge in [-0.05, 0) is 13.0 Å². The number of aliphatic carboxylic acids is 1. The highest BCUT2D eigenvalue weighted by Crippen LogP contribution is 2.14. The highest BCUT2D eigenvalue weighted by Gasteiger charge is 2.21. The van der Waals surface area contributed by atoms with Crippen LogP contribution in [0.1, 0.15) is 23.8 Å². The molecule has 2 N–H and O–H groups in total. The van der Waals surface area contributed by atoms with Crippen LogP contribution < -0.4 is 4.72 Å². The lowest BCUT2D eigenvalue weighted by Gasteiger charge is -2.02. The van der Waals surface area contributed by atoms with Gasteiger partial charge in [0.2, 0.25) is 10.0 Å². The van der Waals surface area contributed by atoms with Crippen LogP contribution in [-0.2, 0) is 26.6 Å². The van der Waals surface area contributed by atoms with Gasteiger partial charge in [0.1, 0.15) is 10.6 Å². The minimum atomic E-state index is -3.85. The SMILES string of the molecule is CCOC(=O)c1cc(S(=O)(=O)NCCC(=O)O)cn1C. The number of nitrogens with zero attached hydrogens (tertiary/aromatic N) is 1. The number of carboxylic acids is 1. The standard InChI is InChI=1S/C11H16N2O6S/c1-3-19-11(16)9-6-8(7-13(9)2)20(17,18)12-5-4-10(14)15/h6-7,12H,3-5H2,1-2H3,(H,14,15). The number of ether oxygens (including phenoxy) is 1. The molecule has 20 heavy (non-hydrogen) atoms. The highest BCUT2D eigenvalue weighted by molar-refractivity contribution is 7.89. The molecule has 0 atom stereocenters. The summed E-state index contributed by atoms with van der Waals surface area (Å²) in [5, 5.41) is 8.46. The molecule has 112 valence electrons. The molecule has 0 fully saturated rings. The highest BCUT2D eigenvalue weighted by atomic mass is 32.2. The number of carbonyl (C=O) groups is 2. The van der Waals surface area contributed by atoms with Crippen LogP contribution in [0.5, 0.6) is 0 Å². The fourth-order valence-corrected chi connectivity index (χ4v) is 2.57. The Hall–Kier alpha value is -1.87. The number of nitrogens with one attached hydrogen (secondary N) is 1. The number of aromatic nitrogens is 1. The molecule has 0 aliphatic rings. The summed E-state index contributed by atoms with van der Waals surface area (Å²) >= 11 is 0. The van der Waals surface area contributed by atoms with Crippen molar-refractivity contribution in [1.82, 2.24) is 9.29 Å². The van der Waals surface area contributed by atoms with Crippen LogP contribution >= 0.6 is 0 Å². The first-order valence-electron chi connectivity index (χ1n) is 5.83. The summed E-state index contributed by atoms with van der Waals surface area (Å²) in [7, 11) is -2.33. The van der Waals surface area contributed by atoms with E-state index in [4.69, 9.17) is 9.84 Å². The fourth-order valence-electron chi connectivity index (χ4n) is 1.46. The van der Waals surface area contributed by atoms with Gasteiger partial charge in [0, 0.05) is 19.8 Å². The number of hydrogen-bond acceptors (Lipinski definition) is 5. The van der Waals surface area contributed by atoms with Crippen LogP contribution in [0, 0.1) is 0 Å². The lowest BCUT2D eigenvalue weighted by atomic mass is 10.4. The molecule has 0 aromatic carbocycles. The van der Waals surface area contributed by atoms with Gasteiger partial charge in [-0.15, -0.1) is 0 Å². The van der Waals surface area contributed by atoms with Crippen molar-refractivity contribution in [3.8, 4) is 0 Å². The number of rotatable bonds is 7. The number of hydrogen-bond donors (Lipinski definition) is 2. The summed E-state index contributed by atoms with van der Waals surface area (Å²) in [6.45, 7) is 1.61. The first-order chi connectivity index (χ1) is 9.27. The Kier molecular flexibility index (Phi) is 5.28. The van der Waals surface area contributed by atoms with Crippen molar-refractivity contribution in [1.29, 1.82) is 0 Å². The van der Waals surface area contributed by atoms with E-state index in [-0.39, 0.29) is 30.2 Å². The molecule has 0 aliphatic heterocycles. The summed E-state index contributed by atoms with van der Waals surface area (Å²) in [6.07, 6.45) is 0.937. The van der Waals surface area contributed by atoms with Crippen LogP contribution in [0.15, 0.2) is 17.2 Å². The zero-order chi connectivity index (χ0) is 15.3. The molecule has 1 aromatic heterocycles. The van der Waals surface area contributed by atoms with Crippen molar-refractivity contribution in [2.75, 3.05) is 13.2 Å². The molecule has 0 bridgehead atoms. The van der Waals surface area contributed by atoms with Crippen molar-refractivity contribution in [3.63, 3.8) is 0 Å². The number of carbonyl (C=O) groups excluding carboxylic acids is 1.